The average molecular weight is 824 g/mol. The molecule has 14 rings (SSSR count). The summed E-state index contributed by atoms with van der Waals surface area (Å²) >= 11 is 0. The minimum Gasteiger partial charge on any atom is -0.456 e. The summed E-state index contributed by atoms with van der Waals surface area (Å²) < 4.78 is 20.0. The number of fused-ring (bicyclic) bond motifs is 12. The molecule has 0 unspecified atom stereocenters. The monoisotopic (exact) mass is 823 g/mol. The average Bonchev–Trinajstić information content (AvgIpc) is 3.90. The van der Waals surface area contributed by atoms with E-state index in [9.17, 15) is 0 Å². The first-order valence-electron chi connectivity index (χ1n) is 22.4. The van der Waals surface area contributed by atoms with Crippen molar-refractivity contribution in [3.63, 3.8) is 0 Å². The lowest BCUT2D eigenvalue weighted by atomic mass is 9.34. The predicted octanol–water partition coefficient (Wildman–Crippen LogP) is 12.8. The van der Waals surface area contributed by atoms with Crippen LogP contribution in [0.1, 0.15) is 45.2 Å². The molecule has 304 valence electrons. The molecule has 0 amide bonds. The second-order valence-corrected chi connectivity index (χ2v) is 19.3. The van der Waals surface area contributed by atoms with Gasteiger partial charge in [0.15, 0.2) is 11.5 Å². The lowest BCUT2D eigenvalue weighted by molar-refractivity contribution is 0.403. The lowest BCUT2D eigenvalue weighted by Crippen LogP contribution is -2.58. The van der Waals surface area contributed by atoms with Crippen LogP contribution < -0.4 is 25.9 Å². The summed E-state index contributed by atoms with van der Waals surface area (Å²) in [5, 5.41) is 5.81. The van der Waals surface area contributed by atoms with E-state index in [0.29, 0.717) is 0 Å². The number of para-hydroxylation sites is 5. The van der Waals surface area contributed by atoms with Crippen LogP contribution in [0.3, 0.4) is 0 Å². The first-order valence-corrected chi connectivity index (χ1v) is 22.4. The molecular formula is C58H42BN3O2. The van der Waals surface area contributed by atoms with Crippen molar-refractivity contribution in [1.29, 1.82) is 0 Å². The summed E-state index contributed by atoms with van der Waals surface area (Å²) in [6.07, 6.45) is 2.96. The van der Waals surface area contributed by atoms with Crippen LogP contribution in [0.25, 0.3) is 77.0 Å². The third kappa shape index (κ3) is 4.72. The van der Waals surface area contributed by atoms with Crippen molar-refractivity contribution in [2.45, 2.75) is 44.9 Å². The summed E-state index contributed by atoms with van der Waals surface area (Å²) in [6.45, 7) is 9.37. The minimum absolute atomic E-state index is 0.0287. The van der Waals surface area contributed by atoms with E-state index < -0.39 is 0 Å². The van der Waals surface area contributed by atoms with Gasteiger partial charge in [0.2, 0.25) is 0 Å². The van der Waals surface area contributed by atoms with Crippen LogP contribution in [-0.2, 0) is 10.8 Å². The summed E-state index contributed by atoms with van der Waals surface area (Å²) in [6, 6.07) is 59.5. The predicted molar refractivity (Wildman–Crippen MR) is 264 cm³/mol. The van der Waals surface area contributed by atoms with Gasteiger partial charge in [-0.15, -0.1) is 0 Å². The van der Waals surface area contributed by atoms with Gasteiger partial charge in [-0.05, 0) is 93.4 Å². The molecule has 0 spiro atoms. The van der Waals surface area contributed by atoms with Crippen molar-refractivity contribution >= 4 is 77.6 Å². The molecule has 0 N–H and O–H groups in total. The normalized spacial score (nSPS) is 15.3. The Hall–Kier alpha value is -7.57. The maximum absolute atomic E-state index is 7.77. The summed E-state index contributed by atoms with van der Waals surface area (Å²) in [5.41, 5.74) is 15.7. The molecule has 1 aliphatic carbocycles. The maximum atomic E-state index is 7.77. The Balaban J connectivity index is 1.16. The molecule has 0 fully saturated rings. The van der Waals surface area contributed by atoms with Gasteiger partial charge in [0, 0.05) is 44.2 Å². The Labute approximate surface area is 371 Å². The minimum atomic E-state index is -0.232. The molecule has 11 aromatic rings. The topological polar surface area (TPSA) is 41.2 Å². The number of ether oxygens (including phenoxy) is 2. The molecule has 6 heteroatoms. The van der Waals surface area contributed by atoms with Crippen molar-refractivity contribution in [3.05, 3.63) is 181 Å². The van der Waals surface area contributed by atoms with E-state index in [1.54, 1.807) is 0 Å². The van der Waals surface area contributed by atoms with E-state index >= 15 is 0 Å². The van der Waals surface area contributed by atoms with Gasteiger partial charge in [-0.3, -0.25) is 4.98 Å². The van der Waals surface area contributed by atoms with Crippen molar-refractivity contribution in [1.82, 2.24) is 14.1 Å². The fraction of sp³-hybridized carbons (Fsp3) is 0.121. The van der Waals surface area contributed by atoms with Crippen LogP contribution in [0.4, 0.5) is 0 Å². The Bertz CT molecular complexity index is 3750. The first kappa shape index (κ1) is 36.0. The highest BCUT2D eigenvalue weighted by Crippen LogP contribution is 2.55. The molecule has 0 bridgehead atoms. The zero-order valence-corrected chi connectivity index (χ0v) is 36.1. The van der Waals surface area contributed by atoms with E-state index in [4.69, 9.17) is 14.5 Å². The molecule has 0 radical (unpaired) electrons. The summed E-state index contributed by atoms with van der Waals surface area (Å²) in [4.78, 5) is 4.90. The third-order valence-electron chi connectivity index (χ3n) is 14.6. The van der Waals surface area contributed by atoms with E-state index in [2.05, 4.69) is 195 Å². The van der Waals surface area contributed by atoms with Gasteiger partial charge < -0.3 is 18.6 Å². The first-order chi connectivity index (χ1) is 31.2. The zero-order chi connectivity index (χ0) is 42.6. The van der Waals surface area contributed by atoms with Gasteiger partial charge >= 0.3 is 0 Å². The summed E-state index contributed by atoms with van der Waals surface area (Å²) in [5.74, 6) is 3.32. The van der Waals surface area contributed by atoms with Crippen LogP contribution in [-0.4, -0.2) is 20.8 Å². The van der Waals surface area contributed by atoms with Crippen molar-refractivity contribution in [3.8, 4) is 45.5 Å². The highest BCUT2D eigenvalue weighted by Gasteiger charge is 2.47. The number of nitrogens with zero attached hydrogens (tertiary/aromatic N) is 3. The molecule has 5 heterocycles. The Morgan fingerprint density at radius 2 is 1.06 bits per heavy atom. The van der Waals surface area contributed by atoms with Crippen LogP contribution in [0.2, 0.25) is 0 Å². The van der Waals surface area contributed by atoms with E-state index in [-0.39, 0.29) is 17.5 Å². The standard InChI is InChI=1S/C58H42BN3O2/c1-57(2)33-58(3,4)52-39(21-13-23-41(52)57)40-22-14-24-42-54(40)64-56-50(62-47-27-11-7-19-37(47)38-20-8-12-28-48(38)62)32-49(61-45-25-9-5-17-35(45)36-18-6-10-26-46(36)61)55-53(56)59(42)43-31-44-34(16-15-29-60-44)30-51(43)63-55/h5-32H,33H2,1-4H3. The fourth-order valence-electron chi connectivity index (χ4n) is 12.4. The quantitative estimate of drug-likeness (QED) is 0.167. The molecule has 0 saturated heterocycles. The van der Waals surface area contributed by atoms with Gasteiger partial charge in [0.1, 0.15) is 11.5 Å². The summed E-state index contributed by atoms with van der Waals surface area (Å²) in [7, 11) is 0. The highest BCUT2D eigenvalue weighted by molar-refractivity contribution is 6.98. The molecule has 8 aromatic carbocycles. The van der Waals surface area contributed by atoms with Crippen molar-refractivity contribution < 1.29 is 9.47 Å². The number of hydrogen-bond donors (Lipinski definition) is 0. The SMILES string of the molecule is CC1(C)CC(C)(C)c2c(-c3cccc4c3Oc3c(-n5c6ccccc6c6ccccc65)cc(-n5c6ccccc6c6ccccc65)c5c3B4c3cc4ncccc4cc3O5)cccc21. The van der Waals surface area contributed by atoms with Gasteiger partial charge in [-0.2, -0.15) is 0 Å². The van der Waals surface area contributed by atoms with E-state index in [0.717, 1.165) is 95.7 Å². The van der Waals surface area contributed by atoms with Gasteiger partial charge in [0.25, 0.3) is 6.71 Å². The van der Waals surface area contributed by atoms with Crippen LogP contribution in [0, 0.1) is 0 Å². The smallest absolute Gasteiger partial charge is 0.261 e. The van der Waals surface area contributed by atoms with Crippen molar-refractivity contribution in [2.24, 2.45) is 0 Å². The molecule has 0 saturated carbocycles. The second kappa shape index (κ2) is 12.5. The number of benzene rings is 8. The Kier molecular flexibility index (Phi) is 7.05. The van der Waals surface area contributed by atoms with Crippen LogP contribution in [0.15, 0.2) is 170 Å². The van der Waals surface area contributed by atoms with Gasteiger partial charge in [0.05, 0.1) is 39.0 Å². The molecule has 3 aromatic heterocycles. The van der Waals surface area contributed by atoms with Gasteiger partial charge in [-0.25, -0.2) is 0 Å². The molecular weight excluding hydrogens is 781 g/mol. The lowest BCUT2D eigenvalue weighted by Gasteiger charge is -2.36. The second-order valence-electron chi connectivity index (χ2n) is 19.3. The van der Waals surface area contributed by atoms with E-state index in [1.165, 1.54) is 38.2 Å². The molecule has 2 aliphatic heterocycles. The van der Waals surface area contributed by atoms with Crippen LogP contribution in [0.5, 0.6) is 23.0 Å². The molecule has 0 atom stereocenters. The molecule has 64 heavy (non-hydrogen) atoms. The zero-order valence-electron chi connectivity index (χ0n) is 36.1. The van der Waals surface area contributed by atoms with Crippen molar-refractivity contribution in [2.75, 3.05) is 0 Å². The van der Waals surface area contributed by atoms with E-state index in [1.807, 2.05) is 12.3 Å². The third-order valence-corrected chi connectivity index (χ3v) is 14.6. The molecule has 5 nitrogen and oxygen atoms in total. The van der Waals surface area contributed by atoms with Crippen LogP contribution >= 0.6 is 0 Å². The number of pyridine rings is 1. The number of aromatic nitrogens is 3. The number of hydrogen-bond acceptors (Lipinski definition) is 3. The number of rotatable bonds is 3. The Morgan fingerprint density at radius 3 is 1.69 bits per heavy atom. The fourth-order valence-corrected chi connectivity index (χ4v) is 12.4. The maximum Gasteiger partial charge on any atom is 0.261 e. The largest absolute Gasteiger partial charge is 0.456 e. The highest BCUT2D eigenvalue weighted by atomic mass is 16.5. The molecule has 3 aliphatic rings. The Morgan fingerprint density at radius 1 is 0.500 bits per heavy atom. The van der Waals surface area contributed by atoms with Gasteiger partial charge in [-0.1, -0.05) is 143 Å².